The summed E-state index contributed by atoms with van der Waals surface area (Å²) in [5, 5.41) is 4.28. The summed E-state index contributed by atoms with van der Waals surface area (Å²) in [6, 6.07) is 20.4. The second kappa shape index (κ2) is 9.27. The van der Waals surface area contributed by atoms with Gasteiger partial charge in [0, 0.05) is 30.3 Å². The van der Waals surface area contributed by atoms with Gasteiger partial charge >= 0.3 is 0 Å². The Balaban J connectivity index is 1.59. The van der Waals surface area contributed by atoms with Crippen molar-refractivity contribution in [3.05, 3.63) is 107 Å². The molecule has 1 aromatic carbocycles. The molecule has 0 bridgehead atoms. The third kappa shape index (κ3) is 4.03. The molecular weight excluding hydrogens is 442 g/mol. The second-order valence-electron chi connectivity index (χ2n) is 8.48. The van der Waals surface area contributed by atoms with Gasteiger partial charge in [-0.2, -0.15) is 0 Å². The normalized spacial score (nSPS) is 17.6. The van der Waals surface area contributed by atoms with Gasteiger partial charge in [0.1, 0.15) is 5.75 Å². The Bertz CT molecular complexity index is 1290. The zero-order valence-electron chi connectivity index (χ0n) is 19.5. The van der Waals surface area contributed by atoms with Crippen LogP contribution in [0.2, 0.25) is 0 Å². The number of hydrogen-bond donors (Lipinski definition) is 1. The highest BCUT2D eigenvalue weighted by atomic mass is 32.1. The molecule has 0 radical (unpaired) electrons. The molecule has 0 aliphatic carbocycles. The first-order valence-electron chi connectivity index (χ1n) is 11.3. The lowest BCUT2D eigenvalue weighted by Gasteiger charge is -2.28. The number of methoxy groups -OCH3 is 1. The van der Waals surface area contributed by atoms with E-state index in [1.807, 2.05) is 42.7 Å². The molecule has 1 aliphatic heterocycles. The minimum Gasteiger partial charge on any atom is -0.497 e. The summed E-state index contributed by atoms with van der Waals surface area (Å²) in [4.78, 5) is 11.3. The van der Waals surface area contributed by atoms with Crippen LogP contribution in [0.5, 0.6) is 5.75 Å². The maximum atomic E-state index is 5.86. The van der Waals surface area contributed by atoms with Crippen molar-refractivity contribution in [3.8, 4) is 11.4 Å². The van der Waals surface area contributed by atoms with Crippen LogP contribution in [-0.2, 0) is 6.54 Å². The Hall–Kier alpha value is -3.71. The zero-order valence-corrected chi connectivity index (χ0v) is 20.3. The van der Waals surface area contributed by atoms with E-state index in [1.54, 1.807) is 13.3 Å². The molecule has 4 heterocycles. The molecule has 7 heteroatoms. The van der Waals surface area contributed by atoms with Crippen molar-refractivity contribution < 1.29 is 4.74 Å². The van der Waals surface area contributed by atoms with Gasteiger partial charge in [0.05, 0.1) is 36.8 Å². The van der Waals surface area contributed by atoms with Crippen LogP contribution in [0.1, 0.15) is 40.3 Å². The van der Waals surface area contributed by atoms with E-state index in [2.05, 4.69) is 68.9 Å². The molecule has 5 rings (SSSR count). The predicted molar refractivity (Wildman–Crippen MR) is 137 cm³/mol. The molecule has 34 heavy (non-hydrogen) atoms. The van der Waals surface area contributed by atoms with Crippen LogP contribution in [-0.4, -0.2) is 31.7 Å². The first kappa shape index (κ1) is 22.1. The van der Waals surface area contributed by atoms with Crippen LogP contribution in [0.25, 0.3) is 5.69 Å². The smallest absolute Gasteiger partial charge is 0.170 e. The van der Waals surface area contributed by atoms with Gasteiger partial charge in [-0.1, -0.05) is 18.2 Å². The Morgan fingerprint density at radius 3 is 2.53 bits per heavy atom. The molecule has 6 nitrogen and oxygen atoms in total. The third-order valence-corrected chi connectivity index (χ3v) is 6.76. The highest BCUT2D eigenvalue weighted by Gasteiger charge is 2.41. The highest BCUT2D eigenvalue weighted by molar-refractivity contribution is 7.80. The van der Waals surface area contributed by atoms with Crippen LogP contribution in [0.4, 0.5) is 0 Å². The summed E-state index contributed by atoms with van der Waals surface area (Å²) in [5.41, 5.74) is 6.73. The van der Waals surface area contributed by atoms with E-state index in [0.717, 1.165) is 33.5 Å². The number of pyridine rings is 2. The number of thiocarbonyl (C=S) groups is 1. The van der Waals surface area contributed by atoms with Gasteiger partial charge in [0.25, 0.3) is 0 Å². The lowest BCUT2D eigenvalue weighted by atomic mass is 9.96. The number of aryl methyl sites for hydroxylation is 1. The van der Waals surface area contributed by atoms with Gasteiger partial charge in [-0.15, -0.1) is 0 Å². The molecule has 0 amide bonds. The molecule has 4 aromatic rings. The van der Waals surface area contributed by atoms with Crippen molar-refractivity contribution in [1.82, 2.24) is 24.8 Å². The van der Waals surface area contributed by atoms with Gasteiger partial charge in [0.2, 0.25) is 0 Å². The largest absolute Gasteiger partial charge is 0.497 e. The fourth-order valence-electron chi connectivity index (χ4n) is 4.81. The predicted octanol–water partition coefficient (Wildman–Crippen LogP) is 5.07. The standard InChI is InChI=1S/C27H27N5OS/c1-18-15-23(19(2)32(18)21-7-6-13-28-16-21)26-25(24-8-4-5-14-29-24)30-27(34)31(26)17-20-9-11-22(33-3)12-10-20/h4-16,25-26H,17H2,1-3H3,(H,30,34)/t25-,26-/m1/s1. The number of aromatic nitrogens is 3. The Morgan fingerprint density at radius 2 is 1.85 bits per heavy atom. The first-order chi connectivity index (χ1) is 16.6. The molecule has 2 atom stereocenters. The Labute approximate surface area is 205 Å². The van der Waals surface area contributed by atoms with E-state index in [1.165, 1.54) is 11.3 Å². The summed E-state index contributed by atoms with van der Waals surface area (Å²) in [6.45, 7) is 4.98. The third-order valence-electron chi connectivity index (χ3n) is 6.40. The van der Waals surface area contributed by atoms with E-state index < -0.39 is 0 Å². The number of nitrogens with one attached hydrogen (secondary N) is 1. The Morgan fingerprint density at radius 1 is 1.03 bits per heavy atom. The fourth-order valence-corrected chi connectivity index (χ4v) is 5.12. The lowest BCUT2D eigenvalue weighted by molar-refractivity contribution is 0.310. The number of nitrogens with zero attached hydrogens (tertiary/aromatic N) is 4. The van der Waals surface area contributed by atoms with Crippen molar-refractivity contribution >= 4 is 17.3 Å². The lowest BCUT2D eigenvalue weighted by Crippen LogP contribution is -2.29. The van der Waals surface area contributed by atoms with Crippen molar-refractivity contribution in [2.24, 2.45) is 0 Å². The van der Waals surface area contributed by atoms with Gasteiger partial charge in [-0.3, -0.25) is 9.97 Å². The summed E-state index contributed by atoms with van der Waals surface area (Å²) in [7, 11) is 1.68. The van der Waals surface area contributed by atoms with Crippen LogP contribution in [0, 0.1) is 13.8 Å². The van der Waals surface area contributed by atoms with Gasteiger partial charge in [-0.05, 0) is 79.7 Å². The minimum atomic E-state index is -0.0604. The Kier molecular flexibility index (Phi) is 6.02. The second-order valence-corrected chi connectivity index (χ2v) is 8.86. The number of benzene rings is 1. The van der Waals surface area contributed by atoms with E-state index in [4.69, 9.17) is 17.0 Å². The van der Waals surface area contributed by atoms with E-state index in [-0.39, 0.29) is 12.1 Å². The maximum Gasteiger partial charge on any atom is 0.170 e. The fraction of sp³-hybridized carbons (Fsp3) is 0.222. The maximum absolute atomic E-state index is 5.86. The average Bonchev–Trinajstić information content (AvgIpc) is 3.35. The molecule has 1 N–H and O–H groups in total. The zero-order chi connectivity index (χ0) is 23.7. The average molecular weight is 470 g/mol. The van der Waals surface area contributed by atoms with Crippen molar-refractivity contribution in [2.45, 2.75) is 32.5 Å². The molecule has 0 spiro atoms. The molecule has 1 saturated heterocycles. The molecule has 172 valence electrons. The van der Waals surface area contributed by atoms with Crippen LogP contribution in [0.15, 0.2) is 79.3 Å². The summed E-state index contributed by atoms with van der Waals surface area (Å²) in [6.07, 6.45) is 5.53. The quantitative estimate of drug-likeness (QED) is 0.398. The molecular formula is C27H27N5OS. The van der Waals surface area contributed by atoms with Crippen LogP contribution < -0.4 is 10.1 Å². The first-order valence-corrected chi connectivity index (χ1v) is 11.7. The van der Waals surface area contributed by atoms with E-state index in [9.17, 15) is 0 Å². The molecule has 0 saturated carbocycles. The molecule has 1 fully saturated rings. The van der Waals surface area contributed by atoms with Crippen molar-refractivity contribution in [2.75, 3.05) is 7.11 Å². The summed E-state index contributed by atoms with van der Waals surface area (Å²) < 4.78 is 7.59. The van der Waals surface area contributed by atoms with Crippen LogP contribution in [0.3, 0.4) is 0 Å². The van der Waals surface area contributed by atoms with Gasteiger partial charge < -0.3 is 19.5 Å². The number of hydrogen-bond acceptors (Lipinski definition) is 4. The monoisotopic (exact) mass is 469 g/mol. The van der Waals surface area contributed by atoms with Crippen molar-refractivity contribution in [3.63, 3.8) is 0 Å². The minimum absolute atomic E-state index is 0.0128. The molecule has 0 unspecified atom stereocenters. The topological polar surface area (TPSA) is 55.2 Å². The van der Waals surface area contributed by atoms with Gasteiger partial charge in [-0.25, -0.2) is 0 Å². The number of rotatable bonds is 6. The summed E-state index contributed by atoms with van der Waals surface area (Å²) >= 11 is 5.86. The van der Waals surface area contributed by atoms with Crippen LogP contribution >= 0.6 is 12.2 Å². The van der Waals surface area contributed by atoms with E-state index in [0.29, 0.717) is 6.54 Å². The molecule has 1 aliphatic rings. The SMILES string of the molecule is COc1ccc(CN2C(=S)N[C@H](c3ccccn3)[C@H]2c2cc(C)n(-c3cccnc3)c2C)cc1. The van der Waals surface area contributed by atoms with Crippen molar-refractivity contribution in [1.29, 1.82) is 0 Å². The molecule has 3 aromatic heterocycles. The highest BCUT2D eigenvalue weighted by Crippen LogP contribution is 2.42. The number of ether oxygens (including phenoxy) is 1. The summed E-state index contributed by atoms with van der Waals surface area (Å²) in [5.74, 6) is 0.841. The van der Waals surface area contributed by atoms with E-state index >= 15 is 0 Å². The van der Waals surface area contributed by atoms with Gasteiger partial charge in [0.15, 0.2) is 5.11 Å².